The van der Waals surface area contributed by atoms with Gasteiger partial charge in [-0.1, -0.05) is 12.1 Å². The van der Waals surface area contributed by atoms with E-state index < -0.39 is 12.0 Å². The fourth-order valence-electron chi connectivity index (χ4n) is 2.44. The first-order chi connectivity index (χ1) is 13.4. The Labute approximate surface area is 162 Å². The van der Waals surface area contributed by atoms with Crippen molar-refractivity contribution in [1.82, 2.24) is 5.32 Å². The summed E-state index contributed by atoms with van der Waals surface area (Å²) in [6.45, 7) is 2.49. The van der Waals surface area contributed by atoms with Gasteiger partial charge in [0.2, 0.25) is 0 Å². The van der Waals surface area contributed by atoms with Crippen LogP contribution in [-0.2, 0) is 0 Å². The molecule has 0 aromatic heterocycles. The molecule has 2 aromatic carbocycles. The van der Waals surface area contributed by atoms with Crippen molar-refractivity contribution in [3.8, 4) is 17.2 Å². The number of ketones is 1. The largest absolute Gasteiger partial charge is 0.507 e. The highest BCUT2D eigenvalue weighted by atomic mass is 16.5. The molecule has 0 aliphatic carbocycles. The molecule has 8 heteroatoms. The van der Waals surface area contributed by atoms with E-state index in [1.165, 1.54) is 25.1 Å². The third-order valence-corrected chi connectivity index (χ3v) is 3.86. The van der Waals surface area contributed by atoms with Crippen molar-refractivity contribution in [2.75, 3.05) is 26.3 Å². The first-order valence-electron chi connectivity index (χ1n) is 8.75. The lowest BCUT2D eigenvalue weighted by molar-refractivity contribution is 0.0970. The third-order valence-electron chi connectivity index (χ3n) is 3.86. The second kappa shape index (κ2) is 10.3. The lowest BCUT2D eigenvalue weighted by atomic mass is 10.1. The van der Waals surface area contributed by atoms with E-state index in [9.17, 15) is 19.8 Å². The summed E-state index contributed by atoms with van der Waals surface area (Å²) in [5.74, 6) is -0.204. The van der Waals surface area contributed by atoms with Gasteiger partial charge in [-0.05, 0) is 37.3 Å². The van der Waals surface area contributed by atoms with Crippen molar-refractivity contribution < 1.29 is 29.3 Å². The number of carbonyl (C=O) groups excluding carboxylic acids is 2. The normalized spacial score (nSPS) is 11.6. The second-order valence-electron chi connectivity index (χ2n) is 6.11. The van der Waals surface area contributed by atoms with Crippen LogP contribution in [0.2, 0.25) is 0 Å². The molecule has 150 valence electrons. The SMILES string of the molecule is CC(=O)c1ccccc1OCC(O)CNCCOc1ccc(O)c(C(N)=O)c1. The molecule has 0 fully saturated rings. The molecule has 0 aliphatic rings. The van der Waals surface area contributed by atoms with Gasteiger partial charge in [-0.25, -0.2) is 0 Å². The number of Topliss-reactive ketones (excluding diaryl/α,β-unsaturated/α-hetero) is 1. The quantitative estimate of drug-likeness (QED) is 0.335. The molecule has 0 bridgehead atoms. The van der Waals surface area contributed by atoms with Crippen LogP contribution in [0.4, 0.5) is 0 Å². The van der Waals surface area contributed by atoms with Gasteiger partial charge in [-0.15, -0.1) is 0 Å². The van der Waals surface area contributed by atoms with Crippen LogP contribution in [0.1, 0.15) is 27.6 Å². The van der Waals surface area contributed by atoms with E-state index in [1.807, 2.05) is 0 Å². The number of aliphatic hydroxyl groups excluding tert-OH is 1. The molecule has 1 unspecified atom stereocenters. The summed E-state index contributed by atoms with van der Waals surface area (Å²) in [6.07, 6.45) is -0.768. The Morgan fingerprint density at radius 1 is 1.14 bits per heavy atom. The van der Waals surface area contributed by atoms with Gasteiger partial charge in [-0.2, -0.15) is 0 Å². The number of rotatable bonds is 11. The summed E-state index contributed by atoms with van der Waals surface area (Å²) in [5, 5.41) is 22.5. The molecule has 1 atom stereocenters. The third kappa shape index (κ3) is 6.26. The van der Waals surface area contributed by atoms with Gasteiger partial charge >= 0.3 is 0 Å². The highest BCUT2D eigenvalue weighted by Gasteiger charge is 2.11. The molecule has 5 N–H and O–H groups in total. The van der Waals surface area contributed by atoms with Crippen LogP contribution in [0.3, 0.4) is 0 Å². The van der Waals surface area contributed by atoms with Gasteiger partial charge in [-0.3, -0.25) is 9.59 Å². The Hall–Kier alpha value is -3.10. The second-order valence-corrected chi connectivity index (χ2v) is 6.11. The van der Waals surface area contributed by atoms with Gasteiger partial charge in [0.15, 0.2) is 5.78 Å². The number of nitrogens with two attached hydrogens (primary N) is 1. The summed E-state index contributed by atoms with van der Waals surface area (Å²) in [7, 11) is 0. The van der Waals surface area contributed by atoms with Crippen LogP contribution < -0.4 is 20.5 Å². The van der Waals surface area contributed by atoms with E-state index in [0.29, 0.717) is 23.6 Å². The maximum atomic E-state index is 11.5. The van der Waals surface area contributed by atoms with E-state index in [-0.39, 0.29) is 36.9 Å². The molecule has 0 aliphatic heterocycles. The number of aromatic hydroxyl groups is 1. The molecule has 28 heavy (non-hydrogen) atoms. The number of nitrogens with one attached hydrogen (secondary N) is 1. The Morgan fingerprint density at radius 3 is 2.61 bits per heavy atom. The van der Waals surface area contributed by atoms with Crippen LogP contribution in [0.15, 0.2) is 42.5 Å². The number of hydrogen-bond acceptors (Lipinski definition) is 7. The average Bonchev–Trinajstić information content (AvgIpc) is 2.67. The molecule has 0 saturated heterocycles. The highest BCUT2D eigenvalue weighted by Crippen LogP contribution is 2.22. The Bertz CT molecular complexity index is 824. The first kappa shape index (κ1) is 21.2. The lowest BCUT2D eigenvalue weighted by Crippen LogP contribution is -2.33. The number of ether oxygens (including phenoxy) is 2. The highest BCUT2D eigenvalue weighted by molar-refractivity contribution is 5.97. The number of amides is 1. The first-order valence-corrected chi connectivity index (χ1v) is 8.75. The number of para-hydroxylation sites is 1. The number of aliphatic hydroxyl groups is 1. The number of benzene rings is 2. The van der Waals surface area contributed by atoms with Crippen molar-refractivity contribution in [2.24, 2.45) is 5.73 Å². The van der Waals surface area contributed by atoms with E-state index in [0.717, 1.165) is 0 Å². The maximum Gasteiger partial charge on any atom is 0.252 e. The van der Waals surface area contributed by atoms with E-state index in [2.05, 4.69) is 5.32 Å². The minimum atomic E-state index is -0.768. The standard InChI is InChI=1S/C20H24N2O6/c1-13(23)16-4-2-3-5-19(16)28-12-14(24)11-22-8-9-27-15-6-7-18(25)17(10-15)20(21)26/h2-7,10,14,22,24-25H,8-9,11-12H2,1H3,(H2,21,26). The minimum absolute atomic E-state index is 0.0103. The molecule has 0 spiro atoms. The van der Waals surface area contributed by atoms with Gasteiger partial charge < -0.3 is 30.7 Å². The molecule has 2 rings (SSSR count). The molecule has 1 amide bonds. The summed E-state index contributed by atoms with van der Waals surface area (Å²) in [4.78, 5) is 22.7. The van der Waals surface area contributed by atoms with Crippen LogP contribution >= 0.6 is 0 Å². The average molecular weight is 388 g/mol. The monoisotopic (exact) mass is 388 g/mol. The number of primary amides is 1. The minimum Gasteiger partial charge on any atom is -0.507 e. The van der Waals surface area contributed by atoms with Crippen LogP contribution in [0, 0.1) is 0 Å². The molecule has 0 radical (unpaired) electrons. The van der Waals surface area contributed by atoms with Crippen LogP contribution in [-0.4, -0.2) is 54.3 Å². The number of phenols is 1. The molecular weight excluding hydrogens is 364 g/mol. The Kier molecular flexibility index (Phi) is 7.79. The van der Waals surface area contributed by atoms with Crippen molar-refractivity contribution in [3.05, 3.63) is 53.6 Å². The van der Waals surface area contributed by atoms with Gasteiger partial charge in [0.25, 0.3) is 5.91 Å². The van der Waals surface area contributed by atoms with Crippen molar-refractivity contribution >= 4 is 11.7 Å². The van der Waals surface area contributed by atoms with Gasteiger partial charge in [0.05, 0.1) is 11.1 Å². The van der Waals surface area contributed by atoms with Crippen molar-refractivity contribution in [1.29, 1.82) is 0 Å². The molecule has 0 heterocycles. The van der Waals surface area contributed by atoms with Gasteiger partial charge in [0, 0.05) is 13.1 Å². The summed E-state index contributed by atoms with van der Waals surface area (Å²) in [5.41, 5.74) is 5.63. The number of hydrogen-bond donors (Lipinski definition) is 4. The fraction of sp³-hybridized carbons (Fsp3) is 0.300. The predicted octanol–water partition coefficient (Wildman–Crippen LogP) is 1.10. The predicted molar refractivity (Wildman–Crippen MR) is 103 cm³/mol. The summed E-state index contributed by atoms with van der Waals surface area (Å²) < 4.78 is 11.0. The fourth-order valence-corrected chi connectivity index (χ4v) is 2.44. The van der Waals surface area contributed by atoms with E-state index in [4.69, 9.17) is 15.2 Å². The molecule has 0 saturated carbocycles. The number of carbonyl (C=O) groups is 2. The van der Waals surface area contributed by atoms with E-state index in [1.54, 1.807) is 24.3 Å². The zero-order valence-electron chi connectivity index (χ0n) is 15.6. The van der Waals surface area contributed by atoms with Crippen LogP contribution in [0.25, 0.3) is 0 Å². The van der Waals surface area contributed by atoms with E-state index >= 15 is 0 Å². The lowest BCUT2D eigenvalue weighted by Gasteiger charge is -2.15. The van der Waals surface area contributed by atoms with Crippen LogP contribution in [0.5, 0.6) is 17.2 Å². The maximum absolute atomic E-state index is 11.5. The van der Waals surface area contributed by atoms with Crippen molar-refractivity contribution in [2.45, 2.75) is 13.0 Å². The van der Waals surface area contributed by atoms with Gasteiger partial charge in [0.1, 0.15) is 36.6 Å². The smallest absolute Gasteiger partial charge is 0.252 e. The Balaban J connectivity index is 1.69. The topological polar surface area (TPSA) is 131 Å². The molecule has 2 aromatic rings. The zero-order valence-corrected chi connectivity index (χ0v) is 15.6. The molecular formula is C20H24N2O6. The van der Waals surface area contributed by atoms with Crippen molar-refractivity contribution in [3.63, 3.8) is 0 Å². The summed E-state index contributed by atoms with van der Waals surface area (Å²) in [6, 6.07) is 11.1. The zero-order chi connectivity index (χ0) is 20.5. The molecule has 8 nitrogen and oxygen atoms in total. The summed E-state index contributed by atoms with van der Waals surface area (Å²) >= 11 is 0. The Morgan fingerprint density at radius 2 is 1.89 bits per heavy atom.